The lowest BCUT2D eigenvalue weighted by molar-refractivity contribution is 0.0700. The number of hydrogen-bond donors (Lipinski definition) is 0. The molecule has 0 amide bonds. The van der Waals surface area contributed by atoms with Gasteiger partial charge in [0, 0.05) is 37.2 Å². The highest BCUT2D eigenvalue weighted by molar-refractivity contribution is 5.57. The fourth-order valence-corrected chi connectivity index (χ4v) is 2.49. The number of ether oxygens (including phenoxy) is 1. The smallest absolute Gasteiger partial charge is 0.140 e. The summed E-state index contributed by atoms with van der Waals surface area (Å²) in [5.41, 5.74) is 1.73. The summed E-state index contributed by atoms with van der Waals surface area (Å²) in [7, 11) is 0. The first kappa shape index (κ1) is 11.9. The van der Waals surface area contributed by atoms with Crippen molar-refractivity contribution in [2.24, 2.45) is 0 Å². The van der Waals surface area contributed by atoms with E-state index < -0.39 is 0 Å². The second-order valence-electron chi connectivity index (χ2n) is 4.69. The van der Waals surface area contributed by atoms with Gasteiger partial charge in [0.2, 0.25) is 0 Å². The molecule has 96 valence electrons. The van der Waals surface area contributed by atoms with Crippen molar-refractivity contribution in [1.29, 1.82) is 5.26 Å². The summed E-state index contributed by atoms with van der Waals surface area (Å²) in [5, 5.41) is 8.83. The van der Waals surface area contributed by atoms with E-state index in [-0.39, 0.29) is 0 Å². The first-order valence-corrected chi connectivity index (χ1v) is 6.49. The minimum Gasteiger partial charge on any atom is -0.381 e. The van der Waals surface area contributed by atoms with E-state index in [4.69, 9.17) is 10.00 Å². The van der Waals surface area contributed by atoms with E-state index in [1.54, 1.807) is 0 Å². The summed E-state index contributed by atoms with van der Waals surface area (Å²) in [6.07, 6.45) is 5.92. The Morgan fingerprint density at radius 2 is 1.95 bits per heavy atom. The standard InChI is InChI=1S/C15H15N3O/c16-11-12-1-3-13(4-2-12)15-17-7-8-18(15)14-5-9-19-10-6-14/h1-4,7-8,14H,5-6,9-10H2. The minimum absolute atomic E-state index is 0.460. The summed E-state index contributed by atoms with van der Waals surface area (Å²) < 4.78 is 7.63. The Hall–Kier alpha value is -2.12. The lowest BCUT2D eigenvalue weighted by atomic mass is 10.1. The monoisotopic (exact) mass is 253 g/mol. The van der Waals surface area contributed by atoms with E-state index in [9.17, 15) is 0 Å². The first-order valence-electron chi connectivity index (χ1n) is 6.49. The quantitative estimate of drug-likeness (QED) is 0.827. The van der Waals surface area contributed by atoms with Crippen LogP contribution in [0.25, 0.3) is 11.4 Å². The maximum Gasteiger partial charge on any atom is 0.140 e. The Morgan fingerprint density at radius 1 is 1.21 bits per heavy atom. The summed E-state index contributed by atoms with van der Waals surface area (Å²) >= 11 is 0. The molecule has 1 aromatic heterocycles. The molecule has 0 saturated carbocycles. The zero-order valence-corrected chi connectivity index (χ0v) is 10.6. The van der Waals surface area contributed by atoms with Gasteiger partial charge in [-0.1, -0.05) is 0 Å². The van der Waals surface area contributed by atoms with Crippen molar-refractivity contribution in [1.82, 2.24) is 9.55 Å². The number of nitrogens with zero attached hydrogens (tertiary/aromatic N) is 3. The van der Waals surface area contributed by atoms with Gasteiger partial charge in [0.15, 0.2) is 0 Å². The molecule has 3 rings (SSSR count). The molecule has 1 saturated heterocycles. The molecule has 2 aromatic rings. The molecule has 4 heteroatoms. The van der Waals surface area contributed by atoms with Crippen molar-refractivity contribution < 1.29 is 4.74 Å². The number of hydrogen-bond acceptors (Lipinski definition) is 3. The van der Waals surface area contributed by atoms with E-state index in [1.807, 2.05) is 36.7 Å². The maximum absolute atomic E-state index is 8.83. The van der Waals surface area contributed by atoms with Crippen molar-refractivity contribution in [3.63, 3.8) is 0 Å². The number of aromatic nitrogens is 2. The Balaban J connectivity index is 1.92. The number of benzene rings is 1. The van der Waals surface area contributed by atoms with Crippen LogP contribution in [0.4, 0.5) is 0 Å². The van der Waals surface area contributed by atoms with Crippen LogP contribution in [0.15, 0.2) is 36.7 Å². The highest BCUT2D eigenvalue weighted by Gasteiger charge is 2.18. The summed E-state index contributed by atoms with van der Waals surface area (Å²) in [5.74, 6) is 0.969. The van der Waals surface area contributed by atoms with Crippen LogP contribution >= 0.6 is 0 Å². The molecular formula is C15H15N3O. The van der Waals surface area contributed by atoms with Gasteiger partial charge in [-0.25, -0.2) is 4.98 Å². The highest BCUT2D eigenvalue weighted by Crippen LogP contribution is 2.27. The predicted octanol–water partition coefficient (Wildman–Crippen LogP) is 2.77. The Bertz CT molecular complexity index is 589. The molecule has 1 aromatic carbocycles. The van der Waals surface area contributed by atoms with Gasteiger partial charge in [-0.05, 0) is 37.1 Å². The second kappa shape index (κ2) is 5.25. The van der Waals surface area contributed by atoms with Gasteiger partial charge in [-0.3, -0.25) is 0 Å². The Kier molecular flexibility index (Phi) is 3.30. The third kappa shape index (κ3) is 2.38. The van der Waals surface area contributed by atoms with Crippen molar-refractivity contribution in [3.05, 3.63) is 42.2 Å². The van der Waals surface area contributed by atoms with Crippen molar-refractivity contribution in [2.75, 3.05) is 13.2 Å². The van der Waals surface area contributed by atoms with Gasteiger partial charge in [0.05, 0.1) is 11.6 Å². The van der Waals surface area contributed by atoms with Crippen LogP contribution in [-0.4, -0.2) is 22.8 Å². The SMILES string of the molecule is N#Cc1ccc(-c2nccn2C2CCOCC2)cc1. The Morgan fingerprint density at radius 3 is 2.63 bits per heavy atom. The van der Waals surface area contributed by atoms with Crippen LogP contribution in [0, 0.1) is 11.3 Å². The van der Waals surface area contributed by atoms with Gasteiger partial charge >= 0.3 is 0 Å². The normalized spacial score (nSPS) is 16.2. The zero-order valence-electron chi connectivity index (χ0n) is 10.6. The highest BCUT2D eigenvalue weighted by atomic mass is 16.5. The van der Waals surface area contributed by atoms with Crippen LogP contribution in [0.5, 0.6) is 0 Å². The second-order valence-corrected chi connectivity index (χ2v) is 4.69. The van der Waals surface area contributed by atoms with Crippen LogP contribution in [0.2, 0.25) is 0 Å². The fraction of sp³-hybridized carbons (Fsp3) is 0.333. The molecule has 0 unspecified atom stereocenters. The molecule has 0 radical (unpaired) electrons. The lowest BCUT2D eigenvalue weighted by Gasteiger charge is -2.25. The zero-order chi connectivity index (χ0) is 13.1. The minimum atomic E-state index is 0.460. The van der Waals surface area contributed by atoms with Crippen LogP contribution in [-0.2, 0) is 4.74 Å². The molecule has 19 heavy (non-hydrogen) atoms. The Labute approximate surface area is 112 Å². The van der Waals surface area contributed by atoms with E-state index in [0.29, 0.717) is 11.6 Å². The number of rotatable bonds is 2. The predicted molar refractivity (Wildman–Crippen MR) is 71.5 cm³/mol. The molecule has 0 aliphatic carbocycles. The molecular weight excluding hydrogens is 238 g/mol. The summed E-state index contributed by atoms with van der Waals surface area (Å²) in [4.78, 5) is 4.46. The molecule has 0 bridgehead atoms. The maximum atomic E-state index is 8.83. The summed E-state index contributed by atoms with van der Waals surface area (Å²) in [6.45, 7) is 1.63. The largest absolute Gasteiger partial charge is 0.381 e. The molecule has 2 heterocycles. The molecule has 0 N–H and O–H groups in total. The molecule has 0 spiro atoms. The van der Waals surface area contributed by atoms with Crippen molar-refractivity contribution in [3.8, 4) is 17.5 Å². The number of nitriles is 1. The van der Waals surface area contributed by atoms with Crippen molar-refractivity contribution >= 4 is 0 Å². The molecule has 1 aliphatic heterocycles. The van der Waals surface area contributed by atoms with Crippen LogP contribution in [0.1, 0.15) is 24.4 Å². The molecule has 1 aliphatic rings. The van der Waals surface area contributed by atoms with Crippen molar-refractivity contribution in [2.45, 2.75) is 18.9 Å². The summed E-state index contributed by atoms with van der Waals surface area (Å²) in [6, 6.07) is 10.2. The number of imidazole rings is 1. The van der Waals surface area contributed by atoms with Gasteiger partial charge in [-0.15, -0.1) is 0 Å². The third-order valence-corrected chi connectivity index (χ3v) is 3.53. The van der Waals surface area contributed by atoms with Gasteiger partial charge in [-0.2, -0.15) is 5.26 Å². The van der Waals surface area contributed by atoms with E-state index >= 15 is 0 Å². The van der Waals surface area contributed by atoms with Gasteiger partial charge in [0.25, 0.3) is 0 Å². The van der Waals surface area contributed by atoms with Crippen LogP contribution < -0.4 is 0 Å². The lowest BCUT2D eigenvalue weighted by Crippen LogP contribution is -2.19. The molecule has 0 atom stereocenters. The molecule has 1 fully saturated rings. The molecule has 4 nitrogen and oxygen atoms in total. The van der Waals surface area contributed by atoms with Gasteiger partial charge < -0.3 is 9.30 Å². The van der Waals surface area contributed by atoms with Gasteiger partial charge in [0.1, 0.15) is 5.82 Å². The topological polar surface area (TPSA) is 50.8 Å². The fourth-order valence-electron chi connectivity index (χ4n) is 2.49. The van der Waals surface area contributed by atoms with Crippen LogP contribution in [0.3, 0.4) is 0 Å². The van der Waals surface area contributed by atoms with E-state index in [1.165, 1.54) is 0 Å². The first-order chi connectivity index (χ1) is 9.38. The third-order valence-electron chi connectivity index (χ3n) is 3.53. The van der Waals surface area contributed by atoms with E-state index in [2.05, 4.69) is 15.6 Å². The average Bonchev–Trinajstić information content (AvgIpc) is 2.98. The average molecular weight is 253 g/mol. The van der Waals surface area contributed by atoms with E-state index in [0.717, 1.165) is 37.4 Å².